The molecule has 0 aromatic carbocycles. The van der Waals surface area contributed by atoms with Gasteiger partial charge in [-0.1, -0.05) is 94.2 Å². The van der Waals surface area contributed by atoms with Crippen molar-refractivity contribution in [3.05, 3.63) is 0 Å². The molecule has 0 heterocycles. The summed E-state index contributed by atoms with van der Waals surface area (Å²) in [6.07, 6.45) is 28.5. The van der Waals surface area contributed by atoms with Crippen LogP contribution >= 0.6 is 0 Å². The quantitative estimate of drug-likeness (QED) is 0.258. The van der Waals surface area contributed by atoms with Crippen molar-refractivity contribution in [2.75, 3.05) is 0 Å². The summed E-state index contributed by atoms with van der Waals surface area (Å²) < 4.78 is 0. The molecule has 0 aromatic heterocycles. The molecule has 0 N–H and O–H groups in total. The fraction of sp³-hybridized carbons (Fsp3) is 1.00. The number of rotatable bonds is 4. The van der Waals surface area contributed by atoms with Crippen molar-refractivity contribution in [3.8, 4) is 0 Å². The van der Waals surface area contributed by atoms with Gasteiger partial charge in [0.25, 0.3) is 0 Å². The van der Waals surface area contributed by atoms with Gasteiger partial charge in [0.05, 0.1) is 8.07 Å². The first-order valence-corrected chi connectivity index (χ1v) is 26.3. The number of hydrogen-bond acceptors (Lipinski definition) is 0. The predicted molar refractivity (Wildman–Crippen MR) is 214 cm³/mol. The van der Waals surface area contributed by atoms with Gasteiger partial charge in [0.2, 0.25) is 0 Å². The van der Waals surface area contributed by atoms with Gasteiger partial charge in [-0.15, -0.1) is 0 Å². The van der Waals surface area contributed by atoms with E-state index in [-0.39, 0.29) is 0 Å². The molecule has 0 radical (unpaired) electrons. The van der Waals surface area contributed by atoms with E-state index >= 15 is 0 Å². The molecule has 0 saturated heterocycles. The molecule has 0 spiro atoms. The molecule has 49 heavy (non-hydrogen) atoms. The Balaban J connectivity index is 1.04. The van der Waals surface area contributed by atoms with Crippen LogP contribution in [0.25, 0.3) is 0 Å². The monoisotopic (exact) mass is 689 g/mol. The average molecular weight is 689 g/mol. The molecule has 8 aliphatic carbocycles. The van der Waals surface area contributed by atoms with E-state index in [1.165, 1.54) is 25.7 Å². The summed E-state index contributed by atoms with van der Waals surface area (Å²) in [5.41, 5.74) is 3.24. The van der Waals surface area contributed by atoms with Gasteiger partial charge in [-0.25, -0.2) is 0 Å². The lowest BCUT2D eigenvalue weighted by atomic mass is 9.56. The zero-order valence-electron chi connectivity index (χ0n) is 34.6. The second kappa shape index (κ2) is 13.2. The summed E-state index contributed by atoms with van der Waals surface area (Å²) in [5, 5.41) is 0. The van der Waals surface area contributed by atoms with Gasteiger partial charge < -0.3 is 0 Å². The van der Waals surface area contributed by atoms with Crippen LogP contribution in [0.5, 0.6) is 0 Å². The molecule has 0 aromatic rings. The van der Waals surface area contributed by atoms with Crippen molar-refractivity contribution >= 4 is 8.07 Å². The molecule has 0 amide bonds. The Morgan fingerprint density at radius 1 is 0.388 bits per heavy atom. The zero-order chi connectivity index (χ0) is 34.6. The summed E-state index contributed by atoms with van der Waals surface area (Å²) in [6.45, 7) is 26.9. The van der Waals surface area contributed by atoms with Crippen LogP contribution in [0.4, 0.5) is 0 Å². The van der Waals surface area contributed by atoms with Crippen LogP contribution < -0.4 is 0 Å². The molecule has 8 rings (SSSR count). The van der Waals surface area contributed by atoms with E-state index in [1.54, 1.807) is 89.9 Å². The van der Waals surface area contributed by atoms with Crippen molar-refractivity contribution in [2.24, 2.45) is 106 Å². The summed E-state index contributed by atoms with van der Waals surface area (Å²) in [5.74, 6) is 17.0. The van der Waals surface area contributed by atoms with Gasteiger partial charge in [-0.05, 0) is 206 Å². The maximum atomic E-state index is 3.04. The Kier molecular flexibility index (Phi) is 9.76. The topological polar surface area (TPSA) is 0 Å². The smallest absolute Gasteiger partial charge is 0.0546 e. The lowest BCUT2D eigenvalue weighted by Gasteiger charge is -2.54. The molecule has 0 bridgehead atoms. The van der Waals surface area contributed by atoms with Crippen LogP contribution in [0.3, 0.4) is 0 Å². The SMILES string of the molecule is C[C@H]1CC2C(CC3CCCC3C2C2CCC(C(C)(C)C)CC2)C1[Si](C)(C)C1C2CC3CCCC3C(C3CCC(C(C)(C)C)CC3)C2C[C@@H]1C. The fourth-order valence-corrected chi connectivity index (χ4v) is 25.0. The molecular formula is C48H84Si. The van der Waals surface area contributed by atoms with Crippen LogP contribution in [0.2, 0.25) is 24.2 Å². The molecule has 12 unspecified atom stereocenters. The molecule has 8 saturated carbocycles. The molecule has 8 aliphatic rings. The van der Waals surface area contributed by atoms with Gasteiger partial charge in [0, 0.05) is 0 Å². The lowest BCUT2D eigenvalue weighted by Crippen LogP contribution is -2.50. The normalized spacial score (nSPS) is 52.0. The second-order valence-electron chi connectivity index (χ2n) is 24.2. The minimum Gasteiger partial charge on any atom is -0.0689 e. The molecule has 8 fully saturated rings. The lowest BCUT2D eigenvalue weighted by molar-refractivity contribution is -0.000421. The van der Waals surface area contributed by atoms with Gasteiger partial charge >= 0.3 is 0 Å². The highest BCUT2D eigenvalue weighted by Crippen LogP contribution is 2.71. The third-order valence-corrected chi connectivity index (χ3v) is 25.3. The van der Waals surface area contributed by atoms with Crippen molar-refractivity contribution in [1.82, 2.24) is 0 Å². The van der Waals surface area contributed by atoms with Gasteiger partial charge in [0.15, 0.2) is 0 Å². The summed E-state index contributed by atoms with van der Waals surface area (Å²) in [6, 6.07) is 0. The third kappa shape index (κ3) is 6.26. The van der Waals surface area contributed by atoms with Crippen LogP contribution in [0.1, 0.15) is 171 Å². The van der Waals surface area contributed by atoms with Crippen molar-refractivity contribution in [2.45, 2.75) is 195 Å². The Morgan fingerprint density at radius 3 is 1.10 bits per heavy atom. The Labute approximate surface area is 307 Å². The van der Waals surface area contributed by atoms with Crippen molar-refractivity contribution in [1.29, 1.82) is 0 Å². The van der Waals surface area contributed by atoms with Gasteiger partial charge in [0.1, 0.15) is 0 Å². The first-order chi connectivity index (χ1) is 23.1. The summed E-state index contributed by atoms with van der Waals surface area (Å²) >= 11 is 0. The summed E-state index contributed by atoms with van der Waals surface area (Å²) in [7, 11) is -1.50. The van der Waals surface area contributed by atoms with E-state index in [1.807, 2.05) is 0 Å². The maximum absolute atomic E-state index is 3.04. The summed E-state index contributed by atoms with van der Waals surface area (Å²) in [4.78, 5) is 0. The first-order valence-electron chi connectivity index (χ1n) is 23.1. The van der Waals surface area contributed by atoms with E-state index in [9.17, 15) is 0 Å². The van der Waals surface area contributed by atoms with Crippen LogP contribution in [-0.2, 0) is 0 Å². The second-order valence-corrected chi connectivity index (χ2v) is 29.2. The molecular weight excluding hydrogens is 605 g/mol. The fourth-order valence-electron chi connectivity index (χ4n) is 18.4. The molecule has 1 heteroatoms. The molecule has 14 atom stereocenters. The predicted octanol–water partition coefficient (Wildman–Crippen LogP) is 14.6. The Morgan fingerprint density at radius 2 is 0.755 bits per heavy atom. The molecule has 280 valence electrons. The highest BCUT2D eigenvalue weighted by atomic mass is 28.3. The van der Waals surface area contributed by atoms with Crippen LogP contribution in [-0.4, -0.2) is 8.07 Å². The first kappa shape index (κ1) is 36.2. The average Bonchev–Trinajstić information content (AvgIpc) is 3.82. The minimum atomic E-state index is -1.50. The Hall–Kier alpha value is 0.217. The van der Waals surface area contributed by atoms with Gasteiger partial charge in [-0.2, -0.15) is 0 Å². The number of fused-ring (bicyclic) bond motifs is 4. The Bertz CT molecular complexity index is 1050. The largest absolute Gasteiger partial charge is 0.0689 e. The van der Waals surface area contributed by atoms with E-state index in [0.717, 1.165) is 106 Å². The van der Waals surface area contributed by atoms with E-state index in [2.05, 4.69) is 68.5 Å². The van der Waals surface area contributed by atoms with Crippen LogP contribution in [0, 0.1) is 106 Å². The van der Waals surface area contributed by atoms with Gasteiger partial charge in [-0.3, -0.25) is 0 Å². The van der Waals surface area contributed by atoms with Crippen molar-refractivity contribution < 1.29 is 0 Å². The zero-order valence-corrected chi connectivity index (χ0v) is 35.6. The highest BCUT2D eigenvalue weighted by molar-refractivity contribution is 6.80. The maximum Gasteiger partial charge on any atom is 0.0546 e. The van der Waals surface area contributed by atoms with E-state index in [0.29, 0.717) is 10.8 Å². The number of hydrogen-bond donors (Lipinski definition) is 0. The third-order valence-electron chi connectivity index (χ3n) is 19.9. The van der Waals surface area contributed by atoms with Crippen molar-refractivity contribution in [3.63, 3.8) is 0 Å². The minimum absolute atomic E-state index is 0.511. The van der Waals surface area contributed by atoms with E-state index in [4.69, 9.17) is 0 Å². The van der Waals surface area contributed by atoms with Crippen LogP contribution in [0.15, 0.2) is 0 Å². The highest BCUT2D eigenvalue weighted by Gasteiger charge is 2.64. The molecule has 0 nitrogen and oxygen atoms in total. The van der Waals surface area contributed by atoms with E-state index < -0.39 is 8.07 Å². The standard InChI is InChI=1S/C48H84Si/c1-29-25-39-41(27-33-13-11-15-37(33)43(39)31-17-21-35(22-18-31)47(3,4)5)45(29)49(9,10)46-30(2)26-40-42(46)28-34-14-12-16-38(34)44(40)32-19-23-36(24-20-32)48(6,7)8/h29-46H,11-28H2,1-10H3/t29-,30-,31?,32?,33?,34?,35?,36?,37?,38?,39?,40?,41?,42?,43?,44?,45?,46?/m0/s1. The molecule has 0 aliphatic heterocycles.